The molecule has 110 valence electrons. The highest BCUT2D eigenvalue weighted by Crippen LogP contribution is 2.25. The van der Waals surface area contributed by atoms with Gasteiger partial charge in [-0.15, -0.1) is 11.3 Å². The zero-order chi connectivity index (χ0) is 14.8. The first-order chi connectivity index (χ1) is 10.1. The maximum atomic E-state index is 13.6. The molecule has 1 amide bonds. The molecular formula is C16H17FN2OS. The van der Waals surface area contributed by atoms with Crippen LogP contribution in [0.25, 0.3) is 0 Å². The highest BCUT2D eigenvalue weighted by Gasteiger charge is 2.26. The van der Waals surface area contributed by atoms with Crippen LogP contribution in [0.3, 0.4) is 0 Å². The van der Waals surface area contributed by atoms with Gasteiger partial charge in [-0.25, -0.2) is 4.39 Å². The second kappa shape index (κ2) is 5.95. The topological polar surface area (TPSA) is 32.3 Å². The number of anilines is 1. The van der Waals surface area contributed by atoms with E-state index in [1.54, 1.807) is 29.5 Å². The molecule has 5 heteroatoms. The van der Waals surface area contributed by atoms with Crippen molar-refractivity contribution in [1.29, 1.82) is 0 Å². The molecule has 2 heterocycles. The minimum Gasteiger partial charge on any atom is -0.322 e. The van der Waals surface area contributed by atoms with E-state index in [2.05, 4.69) is 21.7 Å². The minimum atomic E-state index is -0.406. The van der Waals surface area contributed by atoms with E-state index in [1.807, 2.05) is 6.92 Å². The van der Waals surface area contributed by atoms with Crippen molar-refractivity contribution in [1.82, 2.24) is 4.90 Å². The minimum absolute atomic E-state index is 0.168. The van der Waals surface area contributed by atoms with Gasteiger partial charge in [0, 0.05) is 18.0 Å². The summed E-state index contributed by atoms with van der Waals surface area (Å²) in [4.78, 5) is 15.8. The molecule has 0 saturated heterocycles. The van der Waals surface area contributed by atoms with Crippen molar-refractivity contribution in [3.63, 3.8) is 0 Å². The molecule has 0 bridgehead atoms. The maximum absolute atomic E-state index is 13.6. The fraction of sp³-hybridized carbons (Fsp3) is 0.312. The first-order valence-electron chi connectivity index (χ1n) is 7.00. The number of hydrogen-bond donors (Lipinski definition) is 1. The van der Waals surface area contributed by atoms with Crippen LogP contribution in [0, 0.1) is 5.82 Å². The summed E-state index contributed by atoms with van der Waals surface area (Å²) in [5, 5.41) is 4.77. The van der Waals surface area contributed by atoms with Crippen LogP contribution in [0.4, 0.5) is 10.1 Å². The molecule has 1 aromatic carbocycles. The van der Waals surface area contributed by atoms with Crippen LogP contribution in [0.5, 0.6) is 0 Å². The second-order valence-electron chi connectivity index (χ2n) is 5.23. The first-order valence-corrected chi connectivity index (χ1v) is 7.88. The highest BCUT2D eigenvalue weighted by molar-refractivity contribution is 7.10. The van der Waals surface area contributed by atoms with E-state index in [1.165, 1.54) is 16.5 Å². The predicted molar refractivity (Wildman–Crippen MR) is 82.9 cm³/mol. The maximum Gasteiger partial charge on any atom is 0.241 e. The number of carbonyl (C=O) groups excluding carboxylic acids is 1. The molecule has 1 aliphatic rings. The predicted octanol–water partition coefficient (Wildman–Crippen LogP) is 3.27. The van der Waals surface area contributed by atoms with Gasteiger partial charge >= 0.3 is 0 Å². The van der Waals surface area contributed by atoms with Gasteiger partial charge in [0.05, 0.1) is 11.7 Å². The second-order valence-corrected chi connectivity index (χ2v) is 6.24. The molecule has 0 spiro atoms. The molecular weight excluding hydrogens is 287 g/mol. The van der Waals surface area contributed by atoms with Crippen LogP contribution >= 0.6 is 11.3 Å². The van der Waals surface area contributed by atoms with Gasteiger partial charge in [-0.05, 0) is 42.5 Å². The van der Waals surface area contributed by atoms with E-state index in [0.717, 1.165) is 19.5 Å². The third-order valence-electron chi connectivity index (χ3n) is 3.90. The number of benzene rings is 1. The van der Waals surface area contributed by atoms with Crippen LogP contribution in [0.2, 0.25) is 0 Å². The van der Waals surface area contributed by atoms with E-state index in [-0.39, 0.29) is 17.6 Å². The average Bonchev–Trinajstić information content (AvgIpc) is 2.96. The van der Waals surface area contributed by atoms with Gasteiger partial charge in [0.2, 0.25) is 5.91 Å². The van der Waals surface area contributed by atoms with Crippen molar-refractivity contribution >= 4 is 22.9 Å². The van der Waals surface area contributed by atoms with Gasteiger partial charge in [0.25, 0.3) is 0 Å². The SMILES string of the molecule is C[C@@H](C(=O)Nc1ccccc1F)N1CCc2sccc2C1. The van der Waals surface area contributed by atoms with Gasteiger partial charge < -0.3 is 5.32 Å². The third-order valence-corrected chi connectivity index (χ3v) is 4.92. The number of fused-ring (bicyclic) bond motifs is 1. The Bertz CT molecular complexity index is 655. The molecule has 2 aromatic rings. The summed E-state index contributed by atoms with van der Waals surface area (Å²) < 4.78 is 13.6. The molecule has 0 aliphatic carbocycles. The molecule has 1 atom stereocenters. The lowest BCUT2D eigenvalue weighted by atomic mass is 10.1. The zero-order valence-corrected chi connectivity index (χ0v) is 12.6. The van der Waals surface area contributed by atoms with Crippen LogP contribution < -0.4 is 5.32 Å². The number of halogens is 1. The summed E-state index contributed by atoms with van der Waals surface area (Å²) >= 11 is 1.78. The molecule has 1 aliphatic heterocycles. The van der Waals surface area contributed by atoms with Gasteiger partial charge in [0.15, 0.2) is 0 Å². The summed E-state index contributed by atoms with van der Waals surface area (Å²) in [6, 6.07) is 8.08. The number of rotatable bonds is 3. The van der Waals surface area contributed by atoms with E-state index in [0.29, 0.717) is 0 Å². The molecule has 0 unspecified atom stereocenters. The fourth-order valence-corrected chi connectivity index (χ4v) is 3.46. The van der Waals surface area contributed by atoms with Crippen molar-refractivity contribution in [3.05, 3.63) is 52.0 Å². The number of hydrogen-bond acceptors (Lipinski definition) is 3. The van der Waals surface area contributed by atoms with Gasteiger partial charge in [-0.1, -0.05) is 12.1 Å². The molecule has 3 rings (SSSR count). The first kappa shape index (κ1) is 14.2. The van der Waals surface area contributed by atoms with E-state index in [9.17, 15) is 9.18 Å². The van der Waals surface area contributed by atoms with Gasteiger partial charge in [0.1, 0.15) is 5.82 Å². The number of nitrogens with one attached hydrogen (secondary N) is 1. The Morgan fingerprint density at radius 2 is 2.19 bits per heavy atom. The molecule has 0 fully saturated rings. The highest BCUT2D eigenvalue weighted by atomic mass is 32.1. The summed E-state index contributed by atoms with van der Waals surface area (Å²) in [5.74, 6) is -0.574. The monoisotopic (exact) mass is 304 g/mol. The number of thiophene rings is 1. The quantitative estimate of drug-likeness (QED) is 0.944. The Hall–Kier alpha value is -1.72. The lowest BCUT2D eigenvalue weighted by Crippen LogP contribution is -2.44. The summed E-state index contributed by atoms with van der Waals surface area (Å²) in [7, 11) is 0. The van der Waals surface area contributed by atoms with Gasteiger partial charge in [-0.2, -0.15) is 0 Å². The van der Waals surface area contributed by atoms with Crippen molar-refractivity contribution in [2.24, 2.45) is 0 Å². The Balaban J connectivity index is 1.67. The molecule has 0 radical (unpaired) electrons. The van der Waals surface area contributed by atoms with Crippen LogP contribution in [0.1, 0.15) is 17.4 Å². The summed E-state index contributed by atoms with van der Waals surface area (Å²) in [6.45, 7) is 3.51. The van der Waals surface area contributed by atoms with Gasteiger partial charge in [-0.3, -0.25) is 9.69 Å². The average molecular weight is 304 g/mol. The summed E-state index contributed by atoms with van der Waals surface area (Å²) in [6.07, 6.45) is 0.977. The zero-order valence-electron chi connectivity index (χ0n) is 11.8. The number of nitrogens with zero attached hydrogens (tertiary/aromatic N) is 1. The molecule has 3 nitrogen and oxygen atoms in total. The van der Waals surface area contributed by atoms with Crippen molar-refractivity contribution in [3.8, 4) is 0 Å². The Kier molecular flexibility index (Phi) is 4.03. The lowest BCUT2D eigenvalue weighted by molar-refractivity contribution is -0.121. The van der Waals surface area contributed by atoms with Crippen LogP contribution in [-0.2, 0) is 17.8 Å². The smallest absolute Gasteiger partial charge is 0.241 e. The number of carbonyl (C=O) groups is 1. The molecule has 1 N–H and O–H groups in total. The third kappa shape index (κ3) is 2.99. The fourth-order valence-electron chi connectivity index (χ4n) is 2.57. The molecule has 0 saturated carbocycles. The molecule has 1 aromatic heterocycles. The van der Waals surface area contributed by atoms with E-state index >= 15 is 0 Å². The van der Waals surface area contributed by atoms with Crippen LogP contribution in [0.15, 0.2) is 35.7 Å². The van der Waals surface area contributed by atoms with Crippen LogP contribution in [-0.4, -0.2) is 23.4 Å². The lowest BCUT2D eigenvalue weighted by Gasteiger charge is -2.31. The largest absolute Gasteiger partial charge is 0.322 e. The van der Waals surface area contributed by atoms with Crippen molar-refractivity contribution in [2.75, 3.05) is 11.9 Å². The van der Waals surface area contributed by atoms with Crippen molar-refractivity contribution < 1.29 is 9.18 Å². The Labute approximate surface area is 127 Å². The standard InChI is InChI=1S/C16H17FN2OS/c1-11(16(20)18-14-5-3-2-4-13(14)17)19-8-6-15-12(10-19)7-9-21-15/h2-5,7,9,11H,6,8,10H2,1H3,(H,18,20)/t11-/m0/s1. The number of para-hydroxylation sites is 1. The Morgan fingerprint density at radius 3 is 3.00 bits per heavy atom. The van der Waals surface area contributed by atoms with E-state index < -0.39 is 5.82 Å². The normalized spacial score (nSPS) is 16.3. The van der Waals surface area contributed by atoms with E-state index in [4.69, 9.17) is 0 Å². The summed E-state index contributed by atoms with van der Waals surface area (Å²) in [5.41, 5.74) is 1.54. The number of amides is 1. The molecule has 21 heavy (non-hydrogen) atoms. The van der Waals surface area contributed by atoms with Crippen molar-refractivity contribution in [2.45, 2.75) is 25.9 Å². The Morgan fingerprint density at radius 1 is 1.38 bits per heavy atom.